The molecule has 1 fully saturated rings. The van der Waals surface area contributed by atoms with E-state index in [0.717, 1.165) is 43.7 Å². The van der Waals surface area contributed by atoms with Crippen molar-refractivity contribution < 1.29 is 4.79 Å². The lowest BCUT2D eigenvalue weighted by Crippen LogP contribution is -2.48. The highest BCUT2D eigenvalue weighted by Crippen LogP contribution is 2.18. The normalized spacial score (nSPS) is 15.5. The number of hydrogen-bond acceptors (Lipinski definition) is 5. The third-order valence-corrected chi connectivity index (χ3v) is 6.22. The molecule has 2 heterocycles. The monoisotopic (exact) mass is 449 g/mol. The molecule has 0 spiro atoms. The number of aryl methyl sites for hydroxylation is 1. The van der Waals surface area contributed by atoms with E-state index in [0.29, 0.717) is 10.9 Å². The van der Waals surface area contributed by atoms with Gasteiger partial charge in [-0.2, -0.15) is 0 Å². The van der Waals surface area contributed by atoms with Crippen LogP contribution in [-0.2, 0) is 11.3 Å². The molecule has 1 amide bonds. The minimum Gasteiger partial charge on any atom is -0.369 e. The van der Waals surface area contributed by atoms with Gasteiger partial charge in [0.2, 0.25) is 5.91 Å². The molecule has 8 nitrogen and oxygen atoms in total. The molecule has 1 saturated heterocycles. The fourth-order valence-electron chi connectivity index (χ4n) is 4.31. The van der Waals surface area contributed by atoms with E-state index in [-0.39, 0.29) is 18.5 Å². The molecule has 1 aliphatic rings. The minimum absolute atomic E-state index is 0.0532. The summed E-state index contributed by atoms with van der Waals surface area (Å²) in [5, 5.41) is 3.31. The third-order valence-electron chi connectivity index (χ3n) is 6.22. The van der Waals surface area contributed by atoms with Crippen molar-refractivity contribution in [2.45, 2.75) is 32.9 Å². The summed E-state index contributed by atoms with van der Waals surface area (Å²) in [6.07, 6.45) is 0.805. The van der Waals surface area contributed by atoms with E-state index in [1.165, 1.54) is 11.3 Å². The van der Waals surface area contributed by atoms with Crippen LogP contribution in [0.3, 0.4) is 0 Å². The summed E-state index contributed by atoms with van der Waals surface area (Å²) in [7, 11) is 0. The van der Waals surface area contributed by atoms with Crippen molar-refractivity contribution in [2.24, 2.45) is 0 Å². The molecule has 0 radical (unpaired) electrons. The van der Waals surface area contributed by atoms with E-state index in [9.17, 15) is 14.4 Å². The number of aromatic nitrogens is 2. The number of nitrogens with one attached hydrogen (secondary N) is 2. The Morgan fingerprint density at radius 3 is 2.58 bits per heavy atom. The van der Waals surface area contributed by atoms with Crippen LogP contribution in [0.1, 0.15) is 18.9 Å². The predicted octanol–water partition coefficient (Wildman–Crippen LogP) is 1.72. The van der Waals surface area contributed by atoms with Crippen molar-refractivity contribution in [3.8, 4) is 0 Å². The highest BCUT2D eigenvalue weighted by atomic mass is 16.2. The predicted molar refractivity (Wildman–Crippen MR) is 131 cm³/mol. The number of carbonyl (C=O) groups excluding carboxylic acids is 1. The molecule has 33 heavy (non-hydrogen) atoms. The number of hydrogen-bond donors (Lipinski definition) is 2. The highest BCUT2D eigenvalue weighted by molar-refractivity contribution is 5.79. The van der Waals surface area contributed by atoms with Crippen LogP contribution in [0.4, 0.5) is 5.69 Å². The van der Waals surface area contributed by atoms with Gasteiger partial charge in [0.15, 0.2) is 0 Å². The second-order valence-electron chi connectivity index (χ2n) is 8.79. The lowest BCUT2D eigenvalue weighted by Gasteiger charge is -2.36. The van der Waals surface area contributed by atoms with Gasteiger partial charge in [-0.3, -0.25) is 19.1 Å². The maximum atomic E-state index is 12.6. The molecule has 0 aliphatic carbocycles. The first kappa shape index (κ1) is 22.8. The summed E-state index contributed by atoms with van der Waals surface area (Å²) >= 11 is 0. The van der Waals surface area contributed by atoms with Crippen LogP contribution >= 0.6 is 0 Å². The molecular formula is C25H31N5O3. The zero-order chi connectivity index (χ0) is 23.4. The van der Waals surface area contributed by atoms with Gasteiger partial charge in [0, 0.05) is 44.5 Å². The summed E-state index contributed by atoms with van der Waals surface area (Å²) < 4.78 is 0.953. The zero-order valence-electron chi connectivity index (χ0n) is 19.2. The van der Waals surface area contributed by atoms with Gasteiger partial charge in [-0.05, 0) is 50.1 Å². The van der Waals surface area contributed by atoms with Gasteiger partial charge in [-0.15, -0.1) is 0 Å². The largest absolute Gasteiger partial charge is 0.369 e. The van der Waals surface area contributed by atoms with Gasteiger partial charge in [0.25, 0.3) is 5.56 Å². The Balaban J connectivity index is 1.26. The Bertz CT molecular complexity index is 1240. The molecule has 4 rings (SSSR count). The molecule has 0 saturated carbocycles. The van der Waals surface area contributed by atoms with Gasteiger partial charge in [0.05, 0.1) is 10.9 Å². The maximum absolute atomic E-state index is 12.6. The van der Waals surface area contributed by atoms with Crippen LogP contribution in [0.2, 0.25) is 0 Å². The number of H-pyrrole nitrogens is 1. The number of piperazine rings is 1. The standard InChI is InChI=1S/C25H31N5O3/c1-18-6-5-7-20(16-18)29-14-12-28(13-15-29)11-10-19(2)26-23(31)17-30-24(32)21-8-3-4-9-22(21)27-25(30)33/h3-9,16,19H,10-15,17H2,1-2H3,(H,26,31)(H,27,33). The van der Waals surface area contributed by atoms with Crippen molar-refractivity contribution >= 4 is 22.5 Å². The fraction of sp³-hybridized carbons (Fsp3) is 0.400. The van der Waals surface area contributed by atoms with E-state index in [2.05, 4.69) is 51.3 Å². The number of rotatable bonds is 7. The van der Waals surface area contributed by atoms with Crippen molar-refractivity contribution in [2.75, 3.05) is 37.6 Å². The van der Waals surface area contributed by atoms with Gasteiger partial charge in [0.1, 0.15) is 6.54 Å². The third kappa shape index (κ3) is 5.51. The molecule has 1 unspecified atom stereocenters. The Kier molecular flexibility index (Phi) is 6.93. The average Bonchev–Trinajstić information content (AvgIpc) is 2.81. The number of amides is 1. The molecule has 174 valence electrons. The summed E-state index contributed by atoms with van der Waals surface area (Å²) in [5.74, 6) is -0.338. The quantitative estimate of drug-likeness (QED) is 0.573. The van der Waals surface area contributed by atoms with E-state index in [1.54, 1.807) is 24.3 Å². The topological polar surface area (TPSA) is 90.4 Å². The summed E-state index contributed by atoms with van der Waals surface area (Å²) in [6, 6.07) is 15.3. The van der Waals surface area contributed by atoms with Crippen LogP contribution in [-0.4, -0.2) is 59.1 Å². The van der Waals surface area contributed by atoms with E-state index in [1.807, 2.05) is 6.92 Å². The second-order valence-corrected chi connectivity index (χ2v) is 8.79. The number of anilines is 1. The summed E-state index contributed by atoms with van der Waals surface area (Å²) in [6.45, 7) is 8.59. The number of benzene rings is 2. The van der Waals surface area contributed by atoms with Gasteiger partial charge in [-0.1, -0.05) is 24.3 Å². The first-order chi connectivity index (χ1) is 15.9. The Morgan fingerprint density at radius 1 is 1.06 bits per heavy atom. The Hall–Kier alpha value is -3.39. The number of aromatic amines is 1. The number of fused-ring (bicyclic) bond motifs is 1. The average molecular weight is 450 g/mol. The van der Waals surface area contributed by atoms with Crippen molar-refractivity contribution in [3.63, 3.8) is 0 Å². The maximum Gasteiger partial charge on any atom is 0.329 e. The fourth-order valence-corrected chi connectivity index (χ4v) is 4.31. The lowest BCUT2D eigenvalue weighted by atomic mass is 10.1. The second kappa shape index (κ2) is 10.0. The van der Waals surface area contributed by atoms with Crippen LogP contribution in [0.5, 0.6) is 0 Å². The molecule has 8 heteroatoms. The Labute approximate surface area is 192 Å². The molecule has 1 aliphatic heterocycles. The number of para-hydroxylation sites is 1. The van der Waals surface area contributed by atoms with E-state index >= 15 is 0 Å². The van der Waals surface area contributed by atoms with Crippen molar-refractivity contribution in [3.05, 3.63) is 74.9 Å². The molecule has 1 aromatic heterocycles. The first-order valence-electron chi connectivity index (χ1n) is 11.5. The minimum atomic E-state index is -0.576. The van der Waals surface area contributed by atoms with Crippen molar-refractivity contribution in [1.29, 1.82) is 0 Å². The molecule has 2 aromatic carbocycles. The first-order valence-corrected chi connectivity index (χ1v) is 11.5. The number of carbonyl (C=O) groups is 1. The van der Waals surface area contributed by atoms with Gasteiger partial charge >= 0.3 is 5.69 Å². The molecule has 2 N–H and O–H groups in total. The molecule has 1 atom stereocenters. The van der Waals surface area contributed by atoms with Crippen LogP contribution in [0.15, 0.2) is 58.1 Å². The van der Waals surface area contributed by atoms with Crippen LogP contribution < -0.4 is 21.5 Å². The molecule has 0 bridgehead atoms. The molecule has 3 aromatic rings. The van der Waals surface area contributed by atoms with E-state index in [4.69, 9.17) is 0 Å². The van der Waals surface area contributed by atoms with Gasteiger partial charge in [-0.25, -0.2) is 4.79 Å². The zero-order valence-corrected chi connectivity index (χ0v) is 19.2. The summed E-state index contributed by atoms with van der Waals surface area (Å²) in [5.41, 5.74) is 1.98. The van der Waals surface area contributed by atoms with Crippen molar-refractivity contribution in [1.82, 2.24) is 19.8 Å². The number of nitrogens with zero attached hydrogens (tertiary/aromatic N) is 3. The van der Waals surface area contributed by atoms with E-state index < -0.39 is 11.2 Å². The van der Waals surface area contributed by atoms with Gasteiger partial charge < -0.3 is 15.2 Å². The van der Waals surface area contributed by atoms with Crippen LogP contribution in [0, 0.1) is 6.92 Å². The lowest BCUT2D eigenvalue weighted by molar-refractivity contribution is -0.122. The SMILES string of the molecule is Cc1cccc(N2CCN(CCC(C)NC(=O)Cn3c(=O)[nH]c4ccccc4c3=O)CC2)c1. The smallest absolute Gasteiger partial charge is 0.329 e. The highest BCUT2D eigenvalue weighted by Gasteiger charge is 2.18. The molecular weight excluding hydrogens is 418 g/mol. The Morgan fingerprint density at radius 2 is 1.82 bits per heavy atom. The summed E-state index contributed by atoms with van der Waals surface area (Å²) in [4.78, 5) is 44.9. The van der Waals surface area contributed by atoms with Crippen LogP contribution in [0.25, 0.3) is 10.9 Å².